The van der Waals surface area contributed by atoms with Gasteiger partial charge < -0.3 is 21.7 Å². The van der Waals surface area contributed by atoms with E-state index in [2.05, 4.69) is 44.4 Å². The third-order valence-electron chi connectivity index (χ3n) is 9.56. The molecule has 2 saturated heterocycles. The van der Waals surface area contributed by atoms with Gasteiger partial charge in [0.05, 0.1) is 40.8 Å². The Morgan fingerprint density at radius 1 is 1.04 bits per heavy atom. The minimum absolute atomic E-state index is 0.0890. The molecule has 6 N–H and O–H groups in total. The van der Waals surface area contributed by atoms with E-state index in [1.807, 2.05) is 6.21 Å². The van der Waals surface area contributed by atoms with Crippen LogP contribution in [0, 0.1) is 5.92 Å². The summed E-state index contributed by atoms with van der Waals surface area (Å²) in [7, 11) is 0. The smallest absolute Gasteiger partial charge is 0.262 e. The van der Waals surface area contributed by atoms with Gasteiger partial charge in [-0.3, -0.25) is 39.3 Å². The van der Waals surface area contributed by atoms with Crippen molar-refractivity contribution < 1.29 is 19.2 Å². The number of nitrogens with one attached hydrogen (secondary N) is 4. The molecule has 47 heavy (non-hydrogen) atoms. The molecule has 4 heterocycles. The molecule has 13 nitrogen and oxygen atoms in total. The van der Waals surface area contributed by atoms with Crippen LogP contribution >= 0.6 is 0 Å². The van der Waals surface area contributed by atoms with Crippen molar-refractivity contribution in [3.8, 4) is 0 Å². The van der Waals surface area contributed by atoms with Gasteiger partial charge in [-0.1, -0.05) is 6.07 Å². The van der Waals surface area contributed by atoms with E-state index in [4.69, 9.17) is 15.7 Å². The molecule has 0 spiro atoms. The Morgan fingerprint density at radius 2 is 1.85 bits per heavy atom. The Bertz CT molecular complexity index is 1700. The molecule has 1 saturated carbocycles. The van der Waals surface area contributed by atoms with Crippen molar-refractivity contribution in [3.05, 3.63) is 64.9 Å². The van der Waals surface area contributed by atoms with E-state index in [9.17, 15) is 19.2 Å². The molecule has 0 bridgehead atoms. The maximum Gasteiger partial charge on any atom is 0.262 e. The second-order valence-electron chi connectivity index (χ2n) is 12.8. The number of hydrogen-bond acceptors (Lipinski definition) is 11. The maximum absolute atomic E-state index is 13.1. The predicted molar refractivity (Wildman–Crippen MR) is 179 cm³/mol. The van der Waals surface area contributed by atoms with E-state index in [1.165, 1.54) is 5.56 Å². The summed E-state index contributed by atoms with van der Waals surface area (Å²) in [5, 5.41) is 12.5. The van der Waals surface area contributed by atoms with Gasteiger partial charge in [-0.15, -0.1) is 0 Å². The van der Waals surface area contributed by atoms with Crippen LogP contribution in [-0.2, 0) is 16.1 Å². The van der Waals surface area contributed by atoms with Crippen molar-refractivity contribution >= 4 is 52.6 Å². The Kier molecular flexibility index (Phi) is 8.56. The van der Waals surface area contributed by atoms with Gasteiger partial charge in [0.1, 0.15) is 6.04 Å². The number of benzene rings is 2. The number of aliphatic imine (C=N–C) groups is 2. The van der Waals surface area contributed by atoms with Gasteiger partial charge in [0.2, 0.25) is 11.8 Å². The molecule has 3 fully saturated rings. The highest BCUT2D eigenvalue weighted by Crippen LogP contribution is 2.33. The predicted octanol–water partition coefficient (Wildman–Crippen LogP) is 1.80. The van der Waals surface area contributed by atoms with Crippen molar-refractivity contribution in [1.29, 1.82) is 0 Å². The first kappa shape index (κ1) is 30.8. The van der Waals surface area contributed by atoms with Gasteiger partial charge in [0.15, 0.2) is 0 Å². The zero-order chi connectivity index (χ0) is 32.5. The minimum Gasteiger partial charge on any atom is -0.404 e. The zero-order valence-corrected chi connectivity index (χ0v) is 26.1. The Morgan fingerprint density at radius 3 is 2.64 bits per heavy atom. The van der Waals surface area contributed by atoms with E-state index in [0.717, 1.165) is 78.8 Å². The molecule has 4 aliphatic heterocycles. The average molecular weight is 638 g/mol. The summed E-state index contributed by atoms with van der Waals surface area (Å²) in [6, 6.07) is 10.7. The minimum atomic E-state index is -0.976. The van der Waals surface area contributed by atoms with Crippen LogP contribution in [0.4, 0.5) is 17.1 Å². The van der Waals surface area contributed by atoms with Crippen molar-refractivity contribution in [2.45, 2.75) is 44.3 Å². The lowest BCUT2D eigenvalue weighted by atomic mass is 9.80. The normalized spacial score (nSPS) is 24.8. The number of anilines is 2. The summed E-state index contributed by atoms with van der Waals surface area (Å²) >= 11 is 0. The number of piperidine rings is 1. The molecule has 2 aromatic rings. The summed E-state index contributed by atoms with van der Waals surface area (Å²) in [5.41, 5.74) is 12.1. The molecule has 1 atom stereocenters. The number of piperazine rings is 1. The van der Waals surface area contributed by atoms with Crippen LogP contribution in [-0.4, -0.2) is 96.7 Å². The van der Waals surface area contributed by atoms with Gasteiger partial charge in [-0.25, -0.2) is 4.99 Å². The number of carbonyl (C=O) groups is 4. The first-order chi connectivity index (χ1) is 22.9. The third kappa shape index (κ3) is 6.41. The highest BCUT2D eigenvalue weighted by molar-refractivity contribution is 6.24. The number of hydrogen-bond donors (Lipinski definition) is 5. The molecule has 5 aliphatic rings. The fourth-order valence-corrected chi connectivity index (χ4v) is 6.81. The van der Waals surface area contributed by atoms with Crippen LogP contribution in [0.1, 0.15) is 52.0 Å². The van der Waals surface area contributed by atoms with Crippen LogP contribution in [0.15, 0.2) is 58.2 Å². The largest absolute Gasteiger partial charge is 0.404 e. The molecule has 13 heteroatoms. The van der Waals surface area contributed by atoms with E-state index < -0.39 is 29.7 Å². The Balaban J connectivity index is 0.911. The van der Waals surface area contributed by atoms with Crippen LogP contribution in [0.5, 0.6) is 0 Å². The zero-order valence-electron chi connectivity index (χ0n) is 26.1. The molecule has 0 radical (unpaired) electrons. The molecule has 2 aromatic carbocycles. The monoisotopic (exact) mass is 637 g/mol. The topological polar surface area (TPSA) is 174 Å². The maximum atomic E-state index is 13.1. The van der Waals surface area contributed by atoms with Crippen molar-refractivity contribution in [2.24, 2.45) is 21.6 Å². The number of fused-ring (bicyclic) bond motifs is 2. The molecular formula is C34H39N9O4. The van der Waals surface area contributed by atoms with Gasteiger partial charge in [-0.05, 0) is 61.1 Å². The van der Waals surface area contributed by atoms with Crippen molar-refractivity contribution in [2.75, 3.05) is 49.9 Å². The molecular weight excluding hydrogens is 598 g/mol. The number of rotatable bonds is 9. The van der Waals surface area contributed by atoms with E-state index in [-0.39, 0.29) is 30.0 Å². The van der Waals surface area contributed by atoms with Gasteiger partial charge in [0.25, 0.3) is 11.8 Å². The number of amides is 4. The lowest BCUT2D eigenvalue weighted by Gasteiger charge is -2.33. The first-order valence-corrected chi connectivity index (χ1v) is 16.3. The van der Waals surface area contributed by atoms with E-state index in [1.54, 1.807) is 24.4 Å². The molecule has 0 aromatic heterocycles. The third-order valence-corrected chi connectivity index (χ3v) is 9.56. The summed E-state index contributed by atoms with van der Waals surface area (Å²) < 4.78 is 0. The molecule has 1 aliphatic carbocycles. The van der Waals surface area contributed by atoms with Gasteiger partial charge in [-0.2, -0.15) is 0 Å². The highest BCUT2D eigenvalue weighted by atomic mass is 16.2. The fourth-order valence-electron chi connectivity index (χ4n) is 6.81. The highest BCUT2D eigenvalue weighted by Gasteiger charge is 2.44. The average Bonchev–Trinajstić information content (AvgIpc) is 3.30. The van der Waals surface area contributed by atoms with Gasteiger partial charge in [0, 0.05) is 69.4 Å². The number of imide groups is 2. The fraction of sp³-hybridized carbons (Fsp3) is 0.412. The van der Waals surface area contributed by atoms with Crippen LogP contribution in [0.25, 0.3) is 0 Å². The lowest BCUT2D eigenvalue weighted by molar-refractivity contribution is -0.136. The van der Waals surface area contributed by atoms with Crippen LogP contribution in [0.3, 0.4) is 0 Å². The SMILES string of the molecule is NC=C(C=NC1CC(CNc2ccc3c(c2)C(=O)N(C2CCC(=O)NC2=O)C3=O)C1)C1=Nc2cc(CN3CCNCC3)ccc2NC1. The molecule has 1 unspecified atom stereocenters. The van der Waals surface area contributed by atoms with Gasteiger partial charge >= 0.3 is 0 Å². The molecule has 4 amide bonds. The Labute approximate surface area is 272 Å². The summed E-state index contributed by atoms with van der Waals surface area (Å²) in [6.07, 6.45) is 5.45. The molecule has 244 valence electrons. The summed E-state index contributed by atoms with van der Waals surface area (Å²) in [6.45, 7) is 6.32. The van der Waals surface area contributed by atoms with Crippen LogP contribution in [0.2, 0.25) is 0 Å². The Hall–Kier alpha value is -4.88. The summed E-state index contributed by atoms with van der Waals surface area (Å²) in [4.78, 5) is 63.1. The number of nitrogens with two attached hydrogens (primary N) is 1. The van der Waals surface area contributed by atoms with E-state index in [0.29, 0.717) is 19.0 Å². The van der Waals surface area contributed by atoms with Crippen molar-refractivity contribution in [3.63, 3.8) is 0 Å². The number of nitrogens with zero attached hydrogens (tertiary/aromatic N) is 4. The van der Waals surface area contributed by atoms with Crippen molar-refractivity contribution in [1.82, 2.24) is 20.4 Å². The second-order valence-corrected chi connectivity index (χ2v) is 12.8. The molecule has 7 rings (SSSR count). The van der Waals surface area contributed by atoms with Crippen LogP contribution < -0.4 is 27.0 Å². The quantitative estimate of drug-likeness (QED) is 0.203. The number of carbonyl (C=O) groups excluding carboxylic acids is 4. The lowest BCUT2D eigenvalue weighted by Crippen LogP contribution is -2.54. The van der Waals surface area contributed by atoms with E-state index >= 15 is 0 Å². The second kappa shape index (κ2) is 13.1. The summed E-state index contributed by atoms with van der Waals surface area (Å²) in [5.74, 6) is -1.63. The first-order valence-electron chi connectivity index (χ1n) is 16.3. The standard InChI is InChI=1S/C34H39N9O4/c35-15-22(29-18-39-27-4-1-20(13-28(27)40-29)19-42-9-7-36-8-10-42)17-38-24-11-21(12-24)16-37-23-2-3-25-26(14-23)34(47)43(33(25)46)30-5-6-31(44)41-32(30)45/h1-4,13-15,17,21,24,30,36-37,39H,5-12,16,18-19,35H2,(H,41,44,45).